The van der Waals surface area contributed by atoms with Gasteiger partial charge in [0.1, 0.15) is 0 Å². The molecule has 10 nitrogen and oxygen atoms in total. The third-order valence-corrected chi connectivity index (χ3v) is 6.65. The van der Waals surface area contributed by atoms with Crippen molar-refractivity contribution in [1.29, 1.82) is 0 Å². The molecule has 35 heavy (non-hydrogen) atoms. The van der Waals surface area contributed by atoms with E-state index in [9.17, 15) is 19.8 Å². The van der Waals surface area contributed by atoms with E-state index in [0.29, 0.717) is 32.1 Å². The van der Waals surface area contributed by atoms with E-state index < -0.39 is 11.8 Å². The lowest BCUT2D eigenvalue weighted by Crippen LogP contribution is -2.31. The highest BCUT2D eigenvalue weighted by Gasteiger charge is 2.30. The summed E-state index contributed by atoms with van der Waals surface area (Å²) in [5.74, 6) is -2.11. The maximum absolute atomic E-state index is 12.6. The Bertz CT molecular complexity index is 839. The average Bonchev–Trinajstić information content (AvgIpc) is 3.45. The summed E-state index contributed by atoms with van der Waals surface area (Å²) in [5.41, 5.74) is 1.88. The normalized spacial score (nSPS) is 14.8. The summed E-state index contributed by atoms with van der Waals surface area (Å²) >= 11 is 0. The van der Waals surface area contributed by atoms with E-state index in [1.807, 2.05) is 37.1 Å². The fraction of sp³-hybridized carbons (Fsp3) is 0.680. The zero-order valence-corrected chi connectivity index (χ0v) is 21.3. The molecule has 0 spiro atoms. The topological polar surface area (TPSA) is 129 Å². The van der Waals surface area contributed by atoms with E-state index in [4.69, 9.17) is 9.47 Å². The maximum Gasteiger partial charge on any atom is 0.309 e. The molecule has 196 valence electrons. The molecule has 0 saturated heterocycles. The summed E-state index contributed by atoms with van der Waals surface area (Å²) in [7, 11) is 3.75. The zero-order chi connectivity index (χ0) is 25.8. The molecule has 2 heterocycles. The number of rotatable bonds is 16. The summed E-state index contributed by atoms with van der Waals surface area (Å²) < 4.78 is 14.6. The van der Waals surface area contributed by atoms with E-state index in [1.54, 1.807) is 25.0 Å². The fourth-order valence-electron chi connectivity index (χ4n) is 4.37. The van der Waals surface area contributed by atoms with Gasteiger partial charge in [-0.1, -0.05) is 13.8 Å². The molecule has 2 N–H and O–H groups in total. The van der Waals surface area contributed by atoms with E-state index in [2.05, 4.69) is 9.97 Å². The number of hydrogen-bond acceptors (Lipinski definition) is 8. The minimum atomic E-state index is -0.431. The number of ether oxygens (including phenoxy) is 2. The van der Waals surface area contributed by atoms with Gasteiger partial charge in [0.05, 0.1) is 37.7 Å². The smallest absolute Gasteiger partial charge is 0.309 e. The number of esters is 2. The van der Waals surface area contributed by atoms with E-state index >= 15 is 0 Å². The average molecular weight is 493 g/mol. The quantitative estimate of drug-likeness (QED) is 0.268. The Balaban J connectivity index is 1.78. The van der Waals surface area contributed by atoms with Crippen LogP contribution in [-0.4, -0.2) is 67.7 Å². The first-order valence-corrected chi connectivity index (χ1v) is 12.3. The van der Waals surface area contributed by atoms with Gasteiger partial charge in [0.25, 0.3) is 0 Å². The van der Waals surface area contributed by atoms with Crippen LogP contribution in [0.1, 0.15) is 44.5 Å². The van der Waals surface area contributed by atoms with Gasteiger partial charge >= 0.3 is 11.9 Å². The van der Waals surface area contributed by atoms with Crippen molar-refractivity contribution >= 4 is 11.9 Å². The van der Waals surface area contributed by atoms with Crippen LogP contribution in [0.3, 0.4) is 0 Å². The number of imidazole rings is 2. The molecule has 0 aromatic carbocycles. The number of carbonyl (C=O) groups is 2. The van der Waals surface area contributed by atoms with Crippen LogP contribution < -0.4 is 0 Å². The molecular formula is C25H40N4O6. The largest absolute Gasteiger partial charge is 0.465 e. The number of aromatic nitrogens is 4. The number of aliphatic hydroxyl groups is 2. The van der Waals surface area contributed by atoms with Crippen LogP contribution in [0.2, 0.25) is 0 Å². The monoisotopic (exact) mass is 492 g/mol. The highest BCUT2D eigenvalue weighted by molar-refractivity contribution is 5.73. The summed E-state index contributed by atoms with van der Waals surface area (Å²) in [6.07, 6.45) is 9.38. The molecule has 0 amide bonds. The van der Waals surface area contributed by atoms with Crippen molar-refractivity contribution < 1.29 is 29.3 Å². The van der Waals surface area contributed by atoms with Crippen molar-refractivity contribution in [3.05, 3.63) is 36.4 Å². The third-order valence-electron chi connectivity index (χ3n) is 6.65. The lowest BCUT2D eigenvalue weighted by Gasteiger charge is -2.24. The van der Waals surface area contributed by atoms with Gasteiger partial charge in [0.15, 0.2) is 0 Å². The van der Waals surface area contributed by atoms with Crippen LogP contribution in [-0.2, 0) is 46.0 Å². The molecule has 10 heteroatoms. The van der Waals surface area contributed by atoms with Gasteiger partial charge in [-0.3, -0.25) is 9.59 Å². The molecule has 2 aromatic rings. The summed E-state index contributed by atoms with van der Waals surface area (Å²) in [5, 5.41) is 19.7. The Hall–Kier alpha value is -2.72. The van der Waals surface area contributed by atoms with E-state index in [1.165, 1.54) is 0 Å². The number of carbonyl (C=O) groups excluding carboxylic acids is 2. The predicted octanol–water partition coefficient (Wildman–Crippen LogP) is 1.68. The zero-order valence-electron chi connectivity index (χ0n) is 21.3. The van der Waals surface area contributed by atoms with Crippen LogP contribution in [0.15, 0.2) is 25.0 Å². The van der Waals surface area contributed by atoms with Crippen molar-refractivity contribution in [2.24, 2.45) is 37.8 Å². The minimum Gasteiger partial charge on any atom is -0.465 e. The molecule has 0 bridgehead atoms. The first-order chi connectivity index (χ1) is 16.9. The Morgan fingerprint density at radius 2 is 1.23 bits per heavy atom. The molecule has 2 aromatic heterocycles. The van der Waals surface area contributed by atoms with Crippen molar-refractivity contribution in [2.75, 3.05) is 26.4 Å². The first kappa shape index (κ1) is 28.5. The standard InChI is InChI=1S/C25H40N4O6/c1-5-22(18(14-30)10-20-12-26-16-28(20)3)24(32)34-8-7-9-35-25(33)23(6-2)19(15-31)11-21-13-27-17-29(21)4/h12-13,16-19,22-23,30-31H,5-11,14-15H2,1-4H3. The first-order valence-electron chi connectivity index (χ1n) is 12.3. The molecule has 4 atom stereocenters. The van der Waals surface area contributed by atoms with Crippen LogP contribution >= 0.6 is 0 Å². The number of nitrogens with zero attached hydrogens (tertiary/aromatic N) is 4. The highest BCUT2D eigenvalue weighted by Crippen LogP contribution is 2.23. The number of aliphatic hydroxyl groups excluding tert-OH is 2. The van der Waals surface area contributed by atoms with Crippen molar-refractivity contribution in [3.8, 4) is 0 Å². The molecule has 4 unspecified atom stereocenters. The highest BCUT2D eigenvalue weighted by atomic mass is 16.5. The van der Waals surface area contributed by atoms with Gasteiger partial charge in [-0.2, -0.15) is 0 Å². The van der Waals surface area contributed by atoms with Crippen molar-refractivity contribution in [3.63, 3.8) is 0 Å². The second kappa shape index (κ2) is 14.6. The fourth-order valence-corrected chi connectivity index (χ4v) is 4.37. The molecule has 0 saturated carbocycles. The molecule has 0 fully saturated rings. The van der Waals surface area contributed by atoms with Crippen molar-refractivity contribution in [2.45, 2.75) is 46.0 Å². The number of hydrogen-bond donors (Lipinski definition) is 2. The summed E-state index contributed by atoms with van der Waals surface area (Å²) in [6, 6.07) is 0. The van der Waals surface area contributed by atoms with Gasteiger partial charge in [-0.05, 0) is 25.7 Å². The van der Waals surface area contributed by atoms with Crippen LogP contribution in [0, 0.1) is 23.7 Å². The van der Waals surface area contributed by atoms with Gasteiger partial charge in [0.2, 0.25) is 0 Å². The summed E-state index contributed by atoms with van der Waals surface area (Å²) in [4.78, 5) is 33.5. The molecule has 0 aliphatic carbocycles. The SMILES string of the molecule is CCC(C(=O)OCCCOC(=O)C(CC)C(CO)Cc1cncn1C)C(CO)Cc1cncn1C. The number of aryl methyl sites for hydroxylation is 2. The Kier molecular flexibility index (Phi) is 11.9. The summed E-state index contributed by atoms with van der Waals surface area (Å²) in [6.45, 7) is 3.80. The Morgan fingerprint density at radius 1 is 0.829 bits per heavy atom. The van der Waals surface area contributed by atoms with Gasteiger partial charge in [0, 0.05) is 69.3 Å². The molecule has 0 aliphatic heterocycles. The van der Waals surface area contributed by atoms with Gasteiger partial charge < -0.3 is 28.8 Å². The van der Waals surface area contributed by atoms with E-state index in [0.717, 1.165) is 11.4 Å². The van der Waals surface area contributed by atoms with E-state index in [-0.39, 0.29) is 50.2 Å². The lowest BCUT2D eigenvalue weighted by molar-refractivity contribution is -0.154. The second-order valence-corrected chi connectivity index (χ2v) is 9.00. The molecular weight excluding hydrogens is 452 g/mol. The van der Waals surface area contributed by atoms with Gasteiger partial charge in [-0.15, -0.1) is 0 Å². The minimum absolute atomic E-state index is 0.125. The Labute approximate surface area is 207 Å². The van der Waals surface area contributed by atoms with Crippen LogP contribution in [0.25, 0.3) is 0 Å². The van der Waals surface area contributed by atoms with Crippen LogP contribution in [0.4, 0.5) is 0 Å². The molecule has 2 rings (SSSR count). The second-order valence-electron chi connectivity index (χ2n) is 9.00. The maximum atomic E-state index is 12.6. The molecule has 0 radical (unpaired) electrons. The third kappa shape index (κ3) is 8.17. The predicted molar refractivity (Wildman–Crippen MR) is 129 cm³/mol. The van der Waals surface area contributed by atoms with Crippen molar-refractivity contribution in [1.82, 2.24) is 19.1 Å². The lowest BCUT2D eigenvalue weighted by atomic mass is 9.87. The Morgan fingerprint density at radius 3 is 1.51 bits per heavy atom. The van der Waals surface area contributed by atoms with Crippen LogP contribution in [0.5, 0.6) is 0 Å². The molecule has 0 aliphatic rings. The van der Waals surface area contributed by atoms with Gasteiger partial charge in [-0.25, -0.2) is 9.97 Å².